The molecule has 1 amide bonds. The fraction of sp³-hybridized carbons (Fsp3) is 0.931. The maximum Gasteiger partial charge on any atom is 0.305 e. The Morgan fingerprint density at radius 2 is 0.734 bits per heavy atom. The highest BCUT2D eigenvalue weighted by atomic mass is 16.5. The zero-order valence-corrected chi connectivity index (χ0v) is 43.3. The fourth-order valence-electron chi connectivity index (χ4n) is 9.11. The Hall–Kier alpha value is -1.40. The first kappa shape index (κ1) is 62.6. The Morgan fingerprint density at radius 3 is 1.11 bits per heavy atom. The molecule has 0 aromatic rings. The normalized spacial score (nSPS) is 12.6. The standard InChI is InChI=1S/C58H113NO5/c1-3-5-7-9-11-13-15-17-19-20-21-22-23-24-25-26-27-30-34-38-42-46-50-56(61)55(54-60)59-57(62)51-47-43-39-35-31-29-33-37-41-45-49-53-64-58(63)52-48-44-40-36-32-28-18-16-14-12-10-8-6-4-2/h33,37,55-56,60-61H,3-32,34-36,38-54H2,1-2H3,(H,59,62)/b37-33-. The third kappa shape index (κ3) is 50.0. The number of amides is 1. The van der Waals surface area contributed by atoms with E-state index in [1.165, 1.54) is 212 Å². The molecule has 0 heterocycles. The van der Waals surface area contributed by atoms with Gasteiger partial charge in [0.25, 0.3) is 0 Å². The van der Waals surface area contributed by atoms with Crippen molar-refractivity contribution >= 4 is 11.9 Å². The quantitative estimate of drug-likeness (QED) is 0.0321. The fourth-order valence-corrected chi connectivity index (χ4v) is 9.11. The van der Waals surface area contributed by atoms with E-state index < -0.39 is 12.1 Å². The minimum Gasteiger partial charge on any atom is -0.466 e. The Labute approximate surface area is 399 Å². The smallest absolute Gasteiger partial charge is 0.305 e. The summed E-state index contributed by atoms with van der Waals surface area (Å²) in [4.78, 5) is 24.5. The van der Waals surface area contributed by atoms with Gasteiger partial charge in [-0.15, -0.1) is 0 Å². The predicted octanol–water partition coefficient (Wildman–Crippen LogP) is 17.7. The number of nitrogens with one attached hydrogen (secondary N) is 1. The summed E-state index contributed by atoms with van der Waals surface area (Å²) < 4.78 is 5.44. The zero-order valence-electron chi connectivity index (χ0n) is 43.3. The van der Waals surface area contributed by atoms with Crippen molar-refractivity contribution in [2.45, 2.75) is 334 Å². The largest absolute Gasteiger partial charge is 0.466 e. The molecule has 0 bridgehead atoms. The maximum atomic E-state index is 12.5. The SMILES string of the molecule is CCCCCCCCCCCCCCCCCCCCCCCCC(O)C(CO)NC(=O)CCCCCCC/C=C\CCCCOC(=O)CCCCCCCCCCCCCCCC. The van der Waals surface area contributed by atoms with Gasteiger partial charge in [0.05, 0.1) is 25.4 Å². The van der Waals surface area contributed by atoms with Crippen LogP contribution in [0.4, 0.5) is 0 Å². The van der Waals surface area contributed by atoms with Gasteiger partial charge in [-0.1, -0.05) is 270 Å². The van der Waals surface area contributed by atoms with Gasteiger partial charge in [0.2, 0.25) is 5.91 Å². The molecule has 0 aromatic heterocycles. The molecule has 2 atom stereocenters. The average Bonchev–Trinajstić information content (AvgIpc) is 3.29. The molecule has 0 aromatic carbocycles. The zero-order chi connectivity index (χ0) is 46.5. The van der Waals surface area contributed by atoms with Crippen LogP contribution in [0.5, 0.6) is 0 Å². The summed E-state index contributed by atoms with van der Waals surface area (Å²) in [7, 11) is 0. The lowest BCUT2D eigenvalue weighted by molar-refractivity contribution is -0.143. The van der Waals surface area contributed by atoms with Crippen molar-refractivity contribution in [2.75, 3.05) is 13.2 Å². The average molecular weight is 905 g/mol. The van der Waals surface area contributed by atoms with Gasteiger partial charge >= 0.3 is 5.97 Å². The highest BCUT2D eigenvalue weighted by Gasteiger charge is 2.20. The summed E-state index contributed by atoms with van der Waals surface area (Å²) in [5, 5.41) is 23.3. The van der Waals surface area contributed by atoms with Gasteiger partial charge < -0.3 is 20.3 Å². The third-order valence-electron chi connectivity index (χ3n) is 13.6. The van der Waals surface area contributed by atoms with Crippen LogP contribution in [0.2, 0.25) is 0 Å². The molecule has 2 unspecified atom stereocenters. The molecule has 6 nitrogen and oxygen atoms in total. The molecule has 0 rings (SSSR count). The molecule has 0 radical (unpaired) electrons. The number of aliphatic hydroxyl groups is 2. The molecule has 380 valence electrons. The Bertz CT molecular complexity index is 955. The van der Waals surface area contributed by atoms with Crippen LogP contribution in [-0.4, -0.2) is 47.4 Å². The van der Waals surface area contributed by atoms with E-state index in [9.17, 15) is 19.8 Å². The minimum atomic E-state index is -0.682. The summed E-state index contributed by atoms with van der Waals surface area (Å²) >= 11 is 0. The van der Waals surface area contributed by atoms with Crippen LogP contribution in [0.15, 0.2) is 12.2 Å². The molecule has 0 saturated carbocycles. The predicted molar refractivity (Wildman–Crippen MR) is 278 cm³/mol. The summed E-state index contributed by atoms with van der Waals surface area (Å²) in [6.45, 7) is 4.90. The number of carbonyl (C=O) groups excluding carboxylic acids is 2. The molecule has 0 spiro atoms. The number of hydrogen-bond donors (Lipinski definition) is 3. The molecular formula is C58H113NO5. The van der Waals surface area contributed by atoms with Gasteiger partial charge in [0, 0.05) is 12.8 Å². The molecule has 6 heteroatoms. The topological polar surface area (TPSA) is 95.9 Å². The summed E-state index contributed by atoms with van der Waals surface area (Å²) in [5.74, 6) is -0.0881. The lowest BCUT2D eigenvalue weighted by Gasteiger charge is -2.22. The molecule has 0 aliphatic rings. The molecule has 0 fully saturated rings. The van der Waals surface area contributed by atoms with Crippen molar-refractivity contribution in [3.8, 4) is 0 Å². The van der Waals surface area contributed by atoms with E-state index in [0.29, 0.717) is 25.9 Å². The molecular weight excluding hydrogens is 791 g/mol. The van der Waals surface area contributed by atoms with Crippen molar-refractivity contribution in [3.63, 3.8) is 0 Å². The van der Waals surface area contributed by atoms with Crippen LogP contribution >= 0.6 is 0 Å². The van der Waals surface area contributed by atoms with E-state index in [0.717, 1.165) is 77.0 Å². The van der Waals surface area contributed by atoms with Crippen LogP contribution in [-0.2, 0) is 14.3 Å². The van der Waals surface area contributed by atoms with E-state index >= 15 is 0 Å². The van der Waals surface area contributed by atoms with Crippen molar-refractivity contribution in [2.24, 2.45) is 0 Å². The Morgan fingerprint density at radius 1 is 0.422 bits per heavy atom. The highest BCUT2D eigenvalue weighted by molar-refractivity contribution is 5.76. The monoisotopic (exact) mass is 904 g/mol. The first-order chi connectivity index (χ1) is 31.5. The lowest BCUT2D eigenvalue weighted by atomic mass is 10.0. The molecule has 0 saturated heterocycles. The van der Waals surface area contributed by atoms with Crippen LogP contribution in [0.25, 0.3) is 0 Å². The van der Waals surface area contributed by atoms with Gasteiger partial charge in [0.15, 0.2) is 0 Å². The molecule has 3 N–H and O–H groups in total. The van der Waals surface area contributed by atoms with Crippen LogP contribution in [0.3, 0.4) is 0 Å². The van der Waals surface area contributed by atoms with E-state index in [1.54, 1.807) is 0 Å². The number of esters is 1. The second kappa shape index (κ2) is 54.2. The maximum absolute atomic E-state index is 12.5. The summed E-state index contributed by atoms with van der Waals surface area (Å²) in [6.07, 6.45) is 63.5. The van der Waals surface area contributed by atoms with Gasteiger partial charge in [0.1, 0.15) is 0 Å². The molecule has 0 aliphatic carbocycles. The van der Waals surface area contributed by atoms with Gasteiger partial charge in [-0.05, 0) is 51.4 Å². The summed E-state index contributed by atoms with van der Waals surface area (Å²) in [6, 6.07) is -0.562. The second-order valence-electron chi connectivity index (χ2n) is 20.0. The second-order valence-corrected chi connectivity index (χ2v) is 20.0. The van der Waals surface area contributed by atoms with E-state index in [-0.39, 0.29) is 18.5 Å². The minimum absolute atomic E-state index is 0.0279. The number of ether oxygens (including phenoxy) is 1. The van der Waals surface area contributed by atoms with E-state index in [1.807, 2.05) is 0 Å². The highest BCUT2D eigenvalue weighted by Crippen LogP contribution is 2.18. The Balaban J connectivity index is 3.49. The summed E-state index contributed by atoms with van der Waals surface area (Å²) in [5.41, 5.74) is 0. The van der Waals surface area contributed by atoms with Crippen molar-refractivity contribution in [1.29, 1.82) is 0 Å². The number of hydrogen-bond acceptors (Lipinski definition) is 5. The van der Waals surface area contributed by atoms with Gasteiger partial charge in [-0.3, -0.25) is 9.59 Å². The first-order valence-corrected chi connectivity index (χ1v) is 28.9. The number of unbranched alkanes of at least 4 members (excludes halogenated alkanes) is 41. The first-order valence-electron chi connectivity index (χ1n) is 28.9. The molecule has 0 aliphatic heterocycles. The van der Waals surface area contributed by atoms with Crippen LogP contribution in [0, 0.1) is 0 Å². The third-order valence-corrected chi connectivity index (χ3v) is 13.6. The van der Waals surface area contributed by atoms with Crippen molar-refractivity contribution in [1.82, 2.24) is 5.32 Å². The van der Waals surface area contributed by atoms with Gasteiger partial charge in [-0.25, -0.2) is 0 Å². The van der Waals surface area contributed by atoms with Crippen LogP contribution in [0.1, 0.15) is 322 Å². The van der Waals surface area contributed by atoms with E-state index in [2.05, 4.69) is 31.3 Å². The number of rotatable bonds is 54. The number of aliphatic hydroxyl groups excluding tert-OH is 2. The lowest BCUT2D eigenvalue weighted by Crippen LogP contribution is -2.45. The Kier molecular flexibility index (Phi) is 53.0. The van der Waals surface area contributed by atoms with Crippen molar-refractivity contribution < 1.29 is 24.5 Å². The van der Waals surface area contributed by atoms with Crippen molar-refractivity contribution in [3.05, 3.63) is 12.2 Å². The number of carbonyl (C=O) groups is 2. The number of allylic oxidation sites excluding steroid dienone is 2. The van der Waals surface area contributed by atoms with Crippen LogP contribution < -0.4 is 5.32 Å². The van der Waals surface area contributed by atoms with Gasteiger partial charge in [-0.2, -0.15) is 0 Å². The van der Waals surface area contributed by atoms with E-state index in [4.69, 9.17) is 4.74 Å². The molecule has 64 heavy (non-hydrogen) atoms.